The molecule has 1 atom stereocenters. The standard InChI is InChI=1S/C21H22N4OS/c1-16-11-14-24(19-9-4-5-10-20(19)27-16)21(26)15-22-17-7-2-3-8-18(17)25-13-6-12-23-25/h2-10,12-13,16,22H,11,14-15H2,1H3/t16-/m1/s1. The predicted octanol–water partition coefficient (Wildman–Crippen LogP) is 4.20. The first-order chi connectivity index (χ1) is 13.2. The van der Waals surface area contributed by atoms with Crippen molar-refractivity contribution in [2.75, 3.05) is 23.3 Å². The number of nitrogens with one attached hydrogen (secondary N) is 1. The lowest BCUT2D eigenvalue weighted by atomic mass is 10.2. The Kier molecular flexibility index (Phi) is 5.16. The van der Waals surface area contributed by atoms with Crippen LogP contribution in [0, 0.1) is 0 Å². The lowest BCUT2D eigenvalue weighted by molar-refractivity contribution is -0.117. The third-order valence-electron chi connectivity index (χ3n) is 4.63. The van der Waals surface area contributed by atoms with E-state index >= 15 is 0 Å². The van der Waals surface area contributed by atoms with E-state index in [0.717, 1.165) is 30.0 Å². The maximum atomic E-state index is 13.0. The normalized spacial score (nSPS) is 16.5. The van der Waals surface area contributed by atoms with Gasteiger partial charge in [-0.3, -0.25) is 4.79 Å². The van der Waals surface area contributed by atoms with Crippen LogP contribution in [0.5, 0.6) is 0 Å². The van der Waals surface area contributed by atoms with Crippen LogP contribution in [0.4, 0.5) is 11.4 Å². The zero-order valence-electron chi connectivity index (χ0n) is 15.2. The van der Waals surface area contributed by atoms with Crippen molar-refractivity contribution < 1.29 is 4.79 Å². The molecule has 0 saturated carbocycles. The molecule has 1 aliphatic heterocycles. The fourth-order valence-electron chi connectivity index (χ4n) is 3.25. The van der Waals surface area contributed by atoms with Gasteiger partial charge in [-0.25, -0.2) is 4.68 Å². The highest BCUT2D eigenvalue weighted by atomic mass is 32.2. The number of hydrogen-bond acceptors (Lipinski definition) is 4. The van der Waals surface area contributed by atoms with Gasteiger partial charge in [0.1, 0.15) is 0 Å². The molecule has 1 aromatic heterocycles. The van der Waals surface area contributed by atoms with Crippen LogP contribution >= 0.6 is 11.8 Å². The minimum absolute atomic E-state index is 0.0763. The minimum atomic E-state index is 0.0763. The van der Waals surface area contributed by atoms with Gasteiger partial charge in [0.2, 0.25) is 5.91 Å². The Morgan fingerprint density at radius 1 is 1.15 bits per heavy atom. The Balaban J connectivity index is 1.53. The summed E-state index contributed by atoms with van der Waals surface area (Å²) >= 11 is 1.84. The molecule has 2 heterocycles. The van der Waals surface area contributed by atoms with Gasteiger partial charge in [0.15, 0.2) is 0 Å². The van der Waals surface area contributed by atoms with E-state index in [9.17, 15) is 4.79 Å². The number of amides is 1. The summed E-state index contributed by atoms with van der Waals surface area (Å²) in [6, 6.07) is 17.9. The lowest BCUT2D eigenvalue weighted by Gasteiger charge is -2.23. The molecule has 5 nitrogen and oxygen atoms in total. The number of fused-ring (bicyclic) bond motifs is 1. The van der Waals surface area contributed by atoms with E-state index in [0.29, 0.717) is 5.25 Å². The van der Waals surface area contributed by atoms with Crippen molar-refractivity contribution in [2.24, 2.45) is 0 Å². The average molecular weight is 379 g/mol. The average Bonchev–Trinajstić information content (AvgIpc) is 3.16. The van der Waals surface area contributed by atoms with Crippen molar-refractivity contribution in [3.05, 3.63) is 67.0 Å². The summed E-state index contributed by atoms with van der Waals surface area (Å²) in [7, 11) is 0. The van der Waals surface area contributed by atoms with E-state index in [2.05, 4.69) is 23.4 Å². The summed E-state index contributed by atoms with van der Waals surface area (Å²) in [6.45, 7) is 3.20. The van der Waals surface area contributed by atoms with Crippen molar-refractivity contribution in [1.82, 2.24) is 9.78 Å². The van der Waals surface area contributed by atoms with Crippen LogP contribution in [0.25, 0.3) is 5.69 Å². The maximum absolute atomic E-state index is 13.0. The molecule has 27 heavy (non-hydrogen) atoms. The number of benzene rings is 2. The van der Waals surface area contributed by atoms with Crippen LogP contribution in [0.15, 0.2) is 71.9 Å². The van der Waals surface area contributed by atoms with Crippen LogP contribution in [0.3, 0.4) is 0 Å². The monoisotopic (exact) mass is 378 g/mol. The van der Waals surface area contributed by atoms with Crippen molar-refractivity contribution in [3.8, 4) is 5.69 Å². The second-order valence-corrected chi connectivity index (χ2v) is 8.03. The fourth-order valence-corrected chi connectivity index (χ4v) is 4.36. The fraction of sp³-hybridized carbons (Fsp3) is 0.238. The second-order valence-electron chi connectivity index (χ2n) is 6.55. The quantitative estimate of drug-likeness (QED) is 0.739. The van der Waals surface area contributed by atoms with E-state index in [-0.39, 0.29) is 12.5 Å². The molecule has 0 fully saturated rings. The summed E-state index contributed by atoms with van der Waals surface area (Å²) in [4.78, 5) is 16.1. The van der Waals surface area contributed by atoms with E-state index in [1.165, 1.54) is 4.90 Å². The van der Waals surface area contributed by atoms with Crippen molar-refractivity contribution in [3.63, 3.8) is 0 Å². The second kappa shape index (κ2) is 7.88. The predicted molar refractivity (Wildman–Crippen MR) is 111 cm³/mol. The summed E-state index contributed by atoms with van der Waals surface area (Å²) in [5.74, 6) is 0.0763. The molecule has 0 radical (unpaired) electrons. The molecule has 1 aliphatic rings. The molecule has 0 unspecified atom stereocenters. The van der Waals surface area contributed by atoms with Gasteiger partial charge in [0.05, 0.1) is 23.6 Å². The number of hydrogen-bond donors (Lipinski definition) is 1. The Labute approximate surface area is 163 Å². The molecule has 1 N–H and O–H groups in total. The van der Waals surface area contributed by atoms with Gasteiger partial charge in [-0.1, -0.05) is 31.2 Å². The van der Waals surface area contributed by atoms with E-state index in [1.54, 1.807) is 10.9 Å². The number of carbonyl (C=O) groups excluding carboxylic acids is 1. The first-order valence-electron chi connectivity index (χ1n) is 9.11. The summed E-state index contributed by atoms with van der Waals surface area (Å²) in [6.07, 6.45) is 4.62. The zero-order valence-corrected chi connectivity index (χ0v) is 16.0. The first-order valence-corrected chi connectivity index (χ1v) is 9.99. The molecule has 0 bridgehead atoms. The number of rotatable bonds is 4. The minimum Gasteiger partial charge on any atom is -0.374 e. The van der Waals surface area contributed by atoms with Gasteiger partial charge in [-0.2, -0.15) is 5.10 Å². The number of carbonyl (C=O) groups is 1. The number of nitrogens with zero attached hydrogens (tertiary/aromatic N) is 3. The molecular formula is C21H22N4OS. The molecule has 3 aromatic rings. The third kappa shape index (κ3) is 3.85. The SMILES string of the molecule is C[C@@H]1CCN(C(=O)CNc2ccccc2-n2cccn2)c2ccccc2S1. The smallest absolute Gasteiger partial charge is 0.246 e. The van der Waals surface area contributed by atoms with Gasteiger partial charge in [-0.05, 0) is 36.8 Å². The Hall–Kier alpha value is -2.73. The molecular weight excluding hydrogens is 356 g/mol. The number of anilines is 2. The Bertz CT molecular complexity index is 925. The highest BCUT2D eigenvalue weighted by Crippen LogP contribution is 2.37. The van der Waals surface area contributed by atoms with E-state index in [1.807, 2.05) is 71.4 Å². The topological polar surface area (TPSA) is 50.2 Å². The maximum Gasteiger partial charge on any atom is 0.246 e. The molecule has 0 aliphatic carbocycles. The summed E-state index contributed by atoms with van der Waals surface area (Å²) < 4.78 is 1.80. The lowest BCUT2D eigenvalue weighted by Crippen LogP contribution is -2.36. The summed E-state index contributed by atoms with van der Waals surface area (Å²) in [5, 5.41) is 8.09. The van der Waals surface area contributed by atoms with Crippen molar-refractivity contribution in [1.29, 1.82) is 0 Å². The Morgan fingerprint density at radius 3 is 2.74 bits per heavy atom. The van der Waals surface area contributed by atoms with Crippen LogP contribution < -0.4 is 10.2 Å². The molecule has 0 spiro atoms. The van der Waals surface area contributed by atoms with Crippen molar-refractivity contribution in [2.45, 2.75) is 23.5 Å². The number of aromatic nitrogens is 2. The molecule has 2 aromatic carbocycles. The first kappa shape index (κ1) is 17.7. The largest absolute Gasteiger partial charge is 0.374 e. The molecule has 6 heteroatoms. The third-order valence-corrected chi connectivity index (χ3v) is 5.87. The van der Waals surface area contributed by atoms with Crippen LogP contribution in [-0.4, -0.2) is 34.0 Å². The highest BCUT2D eigenvalue weighted by molar-refractivity contribution is 8.00. The molecule has 0 saturated heterocycles. The van der Waals surface area contributed by atoms with Gasteiger partial charge in [-0.15, -0.1) is 11.8 Å². The van der Waals surface area contributed by atoms with Crippen LogP contribution in [-0.2, 0) is 4.79 Å². The zero-order chi connectivity index (χ0) is 18.6. The summed E-state index contributed by atoms with van der Waals surface area (Å²) in [5.41, 5.74) is 2.83. The molecule has 138 valence electrons. The van der Waals surface area contributed by atoms with Crippen molar-refractivity contribution >= 4 is 29.0 Å². The Morgan fingerprint density at radius 2 is 1.93 bits per heavy atom. The van der Waals surface area contributed by atoms with Crippen LogP contribution in [0.2, 0.25) is 0 Å². The molecule has 4 rings (SSSR count). The number of thioether (sulfide) groups is 1. The van der Waals surface area contributed by atoms with E-state index in [4.69, 9.17) is 0 Å². The van der Waals surface area contributed by atoms with E-state index < -0.39 is 0 Å². The highest BCUT2D eigenvalue weighted by Gasteiger charge is 2.24. The van der Waals surface area contributed by atoms with Crippen LogP contribution in [0.1, 0.15) is 13.3 Å². The van der Waals surface area contributed by atoms with Gasteiger partial charge >= 0.3 is 0 Å². The van der Waals surface area contributed by atoms with Gasteiger partial charge in [0.25, 0.3) is 0 Å². The number of para-hydroxylation sites is 3. The molecule has 1 amide bonds. The van der Waals surface area contributed by atoms with Gasteiger partial charge < -0.3 is 10.2 Å². The van der Waals surface area contributed by atoms with Gasteiger partial charge in [0, 0.05) is 29.1 Å².